The first-order valence-corrected chi connectivity index (χ1v) is 38.5. The number of benzene rings is 3. The van der Waals surface area contributed by atoms with Crippen LogP contribution in [0.15, 0.2) is 129 Å². The van der Waals surface area contributed by atoms with Crippen LogP contribution >= 0.6 is 34.8 Å². The number of anilines is 6. The fraction of sp³-hybridized carbons (Fsp3) is 0.512. The Morgan fingerprint density at radius 2 is 0.846 bits per heavy atom. The van der Waals surface area contributed by atoms with E-state index in [1.807, 2.05) is 77.7 Å². The van der Waals surface area contributed by atoms with E-state index in [0.717, 1.165) is 158 Å². The molecule has 6 fully saturated rings. The van der Waals surface area contributed by atoms with Crippen molar-refractivity contribution in [3.05, 3.63) is 177 Å². The number of carbonyl (C=O) groups is 3. The summed E-state index contributed by atoms with van der Waals surface area (Å²) >= 11 is 18.3. The number of halogens is 3. The van der Waals surface area contributed by atoms with Crippen LogP contribution in [-0.4, -0.2) is 177 Å². The number of nitrogens with zero attached hydrogens (tertiary/aromatic N) is 12. The fourth-order valence-electron chi connectivity index (χ4n) is 17.0. The summed E-state index contributed by atoms with van der Waals surface area (Å²) in [6.45, 7) is 40.5. The molecular weight excluding hydrogens is 1370 g/mol. The SMILES string of the molecule is C=C1C[C@@H](C)c2c(ncnc2N2C3CCC2CN(C(=O)[C@H](CNC(C)C)c2ccc(Cl)cc2)C3)N1.C=C1C[C@@H](C)c2c(ncnc2N2CC3(CN(C(=O)[C@H](CNC(C)C)c4ccc(Cl)cc4)C3)C2)N1.C=C1C[C@@H](C)c2c(ncnc2N2CCN(C(=O)[C@H](CNC(C)C)c3ccc(Cl)cc3)C3(CC3)C2)N1. The largest absolute Gasteiger partial charge is 0.355 e. The van der Waals surface area contributed by atoms with E-state index in [9.17, 15) is 14.4 Å². The molecule has 0 radical (unpaired) electrons. The zero-order valence-electron chi connectivity index (χ0n) is 61.8. The first kappa shape index (κ1) is 74.4. The first-order valence-electron chi connectivity index (χ1n) is 37.4. The number of carbonyl (C=O) groups excluding carboxylic acids is 3. The molecule has 21 nitrogen and oxygen atoms in total. The van der Waals surface area contributed by atoms with Crippen LogP contribution in [0.4, 0.5) is 34.9 Å². The molecule has 1 saturated carbocycles. The Hall–Kier alpha value is -7.92. The van der Waals surface area contributed by atoms with Gasteiger partial charge in [0.1, 0.15) is 53.9 Å². The summed E-state index contributed by atoms with van der Waals surface area (Å²) in [5, 5.41) is 22.5. The third kappa shape index (κ3) is 16.1. The van der Waals surface area contributed by atoms with E-state index in [2.05, 4.69) is 158 Å². The molecule has 15 rings (SSSR count). The number of hydrogen-bond donors (Lipinski definition) is 6. The second kappa shape index (κ2) is 31.3. The van der Waals surface area contributed by atoms with Gasteiger partial charge in [0.25, 0.3) is 0 Å². The van der Waals surface area contributed by atoms with Crippen LogP contribution in [0.3, 0.4) is 0 Å². The van der Waals surface area contributed by atoms with Crippen LogP contribution in [0.25, 0.3) is 0 Å². The Balaban J connectivity index is 0.000000139. The van der Waals surface area contributed by atoms with Gasteiger partial charge in [-0.25, -0.2) is 29.9 Å². The van der Waals surface area contributed by atoms with Gasteiger partial charge < -0.3 is 61.3 Å². The maximum Gasteiger partial charge on any atom is 0.231 e. The number of amides is 3. The summed E-state index contributed by atoms with van der Waals surface area (Å²) in [5.74, 6) is 6.52. The molecule has 9 aliphatic rings. The zero-order chi connectivity index (χ0) is 73.5. The molecule has 552 valence electrons. The van der Waals surface area contributed by atoms with Crippen LogP contribution in [-0.2, 0) is 14.4 Å². The third-order valence-corrected chi connectivity index (χ3v) is 23.1. The molecule has 6 N–H and O–H groups in total. The van der Waals surface area contributed by atoms with Gasteiger partial charge in [-0.2, -0.15) is 0 Å². The molecule has 3 aromatic heterocycles. The average Bonchev–Trinajstić information content (AvgIpc) is 1.25. The molecule has 6 aromatic rings. The van der Waals surface area contributed by atoms with Gasteiger partial charge in [0.15, 0.2) is 0 Å². The van der Waals surface area contributed by atoms with Crippen molar-refractivity contribution in [1.29, 1.82) is 0 Å². The van der Waals surface area contributed by atoms with Crippen molar-refractivity contribution >= 4 is 87.4 Å². The second-order valence-electron chi connectivity index (χ2n) is 31.6. The second-order valence-corrected chi connectivity index (χ2v) is 32.9. The van der Waals surface area contributed by atoms with Crippen LogP contribution < -0.4 is 46.6 Å². The lowest BCUT2D eigenvalue weighted by atomic mass is 9.72. The fourth-order valence-corrected chi connectivity index (χ4v) is 17.3. The molecule has 3 amide bonds. The first-order chi connectivity index (χ1) is 49.8. The maximum atomic E-state index is 14.0. The Morgan fingerprint density at radius 1 is 0.481 bits per heavy atom. The molecule has 2 unspecified atom stereocenters. The molecule has 1 aliphatic carbocycles. The minimum Gasteiger partial charge on any atom is -0.355 e. The summed E-state index contributed by atoms with van der Waals surface area (Å²) in [5.41, 5.74) is 9.58. The molecule has 2 spiro atoms. The Bertz CT molecular complexity index is 4120. The van der Waals surface area contributed by atoms with Crippen molar-refractivity contribution in [2.75, 3.05) is 109 Å². The molecule has 11 heterocycles. The highest BCUT2D eigenvalue weighted by molar-refractivity contribution is 6.31. The van der Waals surface area contributed by atoms with Crippen molar-refractivity contribution in [3.8, 4) is 0 Å². The smallest absolute Gasteiger partial charge is 0.231 e. The maximum absolute atomic E-state index is 14.0. The molecule has 2 bridgehead atoms. The lowest BCUT2D eigenvalue weighted by molar-refractivity contribution is -0.146. The number of nitrogens with one attached hydrogen (secondary N) is 6. The number of allylic oxidation sites excluding steroid dienone is 3. The summed E-state index contributed by atoms with van der Waals surface area (Å²) in [6.07, 6.45) is 11.8. The topological polar surface area (TPSA) is 220 Å². The van der Waals surface area contributed by atoms with Crippen LogP contribution in [0.2, 0.25) is 15.1 Å². The zero-order valence-corrected chi connectivity index (χ0v) is 64.1. The van der Waals surface area contributed by atoms with Crippen LogP contribution in [0.1, 0.15) is 176 Å². The molecule has 104 heavy (non-hydrogen) atoms. The number of fused-ring (bicyclic) bond motifs is 5. The summed E-state index contributed by atoms with van der Waals surface area (Å²) in [6, 6.07) is 24.5. The highest BCUT2D eigenvalue weighted by atomic mass is 35.5. The molecule has 24 heteroatoms. The minimum atomic E-state index is -0.235. The average molecular weight is 1470 g/mol. The lowest BCUT2D eigenvalue weighted by Gasteiger charge is -2.61. The van der Waals surface area contributed by atoms with E-state index in [1.54, 1.807) is 19.0 Å². The van der Waals surface area contributed by atoms with Gasteiger partial charge in [-0.05, 0) is 116 Å². The summed E-state index contributed by atoms with van der Waals surface area (Å²) < 4.78 is 0. The molecule has 3 aromatic carbocycles. The number of hydrogen-bond acceptors (Lipinski definition) is 18. The van der Waals surface area contributed by atoms with Gasteiger partial charge in [-0.1, -0.05) is 153 Å². The predicted octanol–water partition coefficient (Wildman–Crippen LogP) is 13.0. The molecule has 5 saturated heterocycles. The van der Waals surface area contributed by atoms with Crippen molar-refractivity contribution in [2.45, 2.75) is 179 Å². The quantitative estimate of drug-likeness (QED) is 0.0471. The highest BCUT2D eigenvalue weighted by Crippen LogP contribution is 2.50. The van der Waals surface area contributed by atoms with Crippen molar-refractivity contribution in [1.82, 2.24) is 60.6 Å². The highest BCUT2D eigenvalue weighted by Gasteiger charge is 2.56. The number of likely N-dealkylation sites (tertiary alicyclic amines) is 2. The van der Waals surface area contributed by atoms with E-state index in [-0.39, 0.29) is 58.5 Å². The minimum absolute atomic E-state index is 0.120. The van der Waals surface area contributed by atoms with E-state index in [4.69, 9.17) is 44.8 Å². The van der Waals surface area contributed by atoms with Crippen LogP contribution in [0, 0.1) is 5.41 Å². The summed E-state index contributed by atoms with van der Waals surface area (Å²) in [4.78, 5) is 82.3. The van der Waals surface area contributed by atoms with E-state index in [0.29, 0.717) is 90.2 Å². The van der Waals surface area contributed by atoms with Crippen LogP contribution in [0.5, 0.6) is 0 Å². The van der Waals surface area contributed by atoms with Crippen molar-refractivity contribution in [2.24, 2.45) is 5.41 Å². The normalized spacial score (nSPS) is 22.5. The molecule has 8 atom stereocenters. The van der Waals surface area contributed by atoms with Crippen molar-refractivity contribution < 1.29 is 14.4 Å². The Kier molecular flexibility index (Phi) is 22.3. The van der Waals surface area contributed by atoms with Gasteiger partial charge in [0, 0.05) is 163 Å². The van der Waals surface area contributed by atoms with Gasteiger partial charge in [-0.3, -0.25) is 14.4 Å². The van der Waals surface area contributed by atoms with E-state index >= 15 is 0 Å². The van der Waals surface area contributed by atoms with E-state index in [1.165, 1.54) is 11.1 Å². The number of aromatic nitrogens is 6. The predicted molar refractivity (Wildman–Crippen MR) is 418 cm³/mol. The third-order valence-electron chi connectivity index (χ3n) is 22.3. The van der Waals surface area contributed by atoms with Gasteiger partial charge in [-0.15, -0.1) is 0 Å². The van der Waals surface area contributed by atoms with E-state index < -0.39 is 0 Å². The summed E-state index contributed by atoms with van der Waals surface area (Å²) in [7, 11) is 0. The number of piperazine rings is 2. The van der Waals surface area contributed by atoms with Gasteiger partial charge in [0.05, 0.1) is 23.3 Å². The number of rotatable bonds is 18. The molecular formula is C80H103Cl3N18O3. The van der Waals surface area contributed by atoms with Gasteiger partial charge in [0.2, 0.25) is 17.7 Å². The van der Waals surface area contributed by atoms with Crippen molar-refractivity contribution in [3.63, 3.8) is 0 Å². The standard InChI is InChI=1S/2C27H35ClN6O.C26H33ClN6O/c1-16(2)29-12-23(19-5-7-20(28)8-6-19)27(35)33-13-21-9-10-22(14-33)34(21)26-24-17(3)11-18(4)32-25(24)30-15-31-26;1-17(2)29-14-22(20-5-7-21(28)8-6-20)26(35)34-12-11-33(15-27(34)9-10-27)25-23-18(3)13-19(4)32-24(23)30-16-31-25;1-16(2)28-10-21(19-5-7-20(27)8-6-19)25(34)33-13-26(14-33)11-32(12-26)24-22-17(3)9-18(4)31-23(22)29-15-30-24/h5-8,15-17,21-23,29H,4,9-14H2,1-3H3,(H,30,31,32);5-8,16-18,22,29H,4,9-15H2,1-3H3,(H,30,31,32);5-8,15-17,21,28H,4,9-14H2,1-3H3,(H,29,30,31)/t17-,21?,22?,23-;18-,22-;17-,21-/m111/s1. The lowest BCUT2D eigenvalue weighted by Crippen LogP contribution is -2.73. The monoisotopic (exact) mass is 1470 g/mol. The van der Waals surface area contributed by atoms with Gasteiger partial charge >= 0.3 is 0 Å². The molecule has 8 aliphatic heterocycles. The Morgan fingerprint density at radius 3 is 1.24 bits per heavy atom. The Labute approximate surface area is 628 Å².